The van der Waals surface area contributed by atoms with Crippen molar-refractivity contribution in [3.63, 3.8) is 0 Å². The molecule has 0 unspecified atom stereocenters. The predicted octanol–water partition coefficient (Wildman–Crippen LogP) is 1.38. The van der Waals surface area contributed by atoms with Gasteiger partial charge in [0.25, 0.3) is 0 Å². The topological polar surface area (TPSA) is 44.8 Å². The zero-order valence-electron chi connectivity index (χ0n) is 8.86. The largest absolute Gasteiger partial charge is 0.497 e. The minimum Gasteiger partial charge on any atom is -0.497 e. The van der Waals surface area contributed by atoms with Crippen molar-refractivity contribution in [3.05, 3.63) is 29.8 Å². The molecule has 0 saturated carbocycles. The highest BCUT2D eigenvalue weighted by atomic mass is 16.6. The van der Waals surface area contributed by atoms with E-state index in [1.807, 2.05) is 24.3 Å². The summed E-state index contributed by atoms with van der Waals surface area (Å²) < 4.78 is 14.6. The first kappa shape index (κ1) is 11.5. The van der Waals surface area contributed by atoms with E-state index >= 15 is 0 Å². The van der Waals surface area contributed by atoms with Crippen LogP contribution in [0.5, 0.6) is 5.75 Å². The molecule has 0 aliphatic heterocycles. The Morgan fingerprint density at radius 2 is 1.87 bits per heavy atom. The lowest BCUT2D eigenvalue weighted by molar-refractivity contribution is -0.146. The van der Waals surface area contributed by atoms with Crippen molar-refractivity contribution >= 4 is 5.97 Å². The zero-order chi connectivity index (χ0) is 11.1. The first-order chi connectivity index (χ1) is 7.26. The van der Waals surface area contributed by atoms with E-state index in [9.17, 15) is 4.79 Å². The van der Waals surface area contributed by atoms with E-state index in [4.69, 9.17) is 9.47 Å². The second-order valence-electron chi connectivity index (χ2n) is 2.92. The van der Waals surface area contributed by atoms with Crippen LogP contribution in [0.2, 0.25) is 0 Å². The Balaban J connectivity index is 2.34. The SMILES string of the molecule is COC(=O)COCc1ccc(OC)cc1. The molecule has 0 heterocycles. The molecule has 4 heteroatoms. The van der Waals surface area contributed by atoms with Crippen LogP contribution in [0.3, 0.4) is 0 Å². The number of hydrogen-bond donors (Lipinski definition) is 0. The molecule has 1 aromatic rings. The van der Waals surface area contributed by atoms with Gasteiger partial charge in [-0.25, -0.2) is 4.79 Å². The maximum absolute atomic E-state index is 10.7. The summed E-state index contributed by atoms with van der Waals surface area (Å²) >= 11 is 0. The molecule has 0 amide bonds. The Kier molecular flexibility index (Phi) is 4.63. The lowest BCUT2D eigenvalue weighted by atomic mass is 10.2. The summed E-state index contributed by atoms with van der Waals surface area (Å²) in [5.41, 5.74) is 0.986. The van der Waals surface area contributed by atoms with E-state index in [-0.39, 0.29) is 12.6 Å². The molecule has 1 aromatic carbocycles. The van der Waals surface area contributed by atoms with Gasteiger partial charge in [0, 0.05) is 0 Å². The molecule has 0 N–H and O–H groups in total. The molecular formula is C11H14O4. The van der Waals surface area contributed by atoms with E-state index in [1.54, 1.807) is 7.11 Å². The summed E-state index contributed by atoms with van der Waals surface area (Å²) in [6.45, 7) is 0.363. The van der Waals surface area contributed by atoms with Crippen LogP contribution >= 0.6 is 0 Å². The fourth-order valence-electron chi connectivity index (χ4n) is 1.03. The molecule has 0 fully saturated rings. The first-order valence-electron chi connectivity index (χ1n) is 4.53. The lowest BCUT2D eigenvalue weighted by Crippen LogP contribution is -2.09. The second kappa shape index (κ2) is 6.03. The van der Waals surface area contributed by atoms with Gasteiger partial charge in [-0.05, 0) is 17.7 Å². The summed E-state index contributed by atoms with van der Waals surface area (Å²) in [5, 5.41) is 0. The molecule has 0 bridgehead atoms. The second-order valence-corrected chi connectivity index (χ2v) is 2.92. The maximum Gasteiger partial charge on any atom is 0.331 e. The van der Waals surface area contributed by atoms with Crippen molar-refractivity contribution in [2.45, 2.75) is 6.61 Å². The number of carbonyl (C=O) groups excluding carboxylic acids is 1. The fraction of sp³-hybridized carbons (Fsp3) is 0.364. The predicted molar refractivity (Wildman–Crippen MR) is 54.7 cm³/mol. The van der Waals surface area contributed by atoms with Gasteiger partial charge in [-0.3, -0.25) is 0 Å². The van der Waals surface area contributed by atoms with E-state index < -0.39 is 0 Å². The summed E-state index contributed by atoms with van der Waals surface area (Å²) in [6.07, 6.45) is 0. The lowest BCUT2D eigenvalue weighted by Gasteiger charge is -2.04. The van der Waals surface area contributed by atoms with E-state index in [2.05, 4.69) is 4.74 Å². The number of esters is 1. The van der Waals surface area contributed by atoms with E-state index in [0.29, 0.717) is 6.61 Å². The van der Waals surface area contributed by atoms with Crippen LogP contribution in [0.1, 0.15) is 5.56 Å². The van der Waals surface area contributed by atoms with Crippen LogP contribution in [0.4, 0.5) is 0 Å². The van der Waals surface area contributed by atoms with Crippen molar-refractivity contribution in [1.29, 1.82) is 0 Å². The quantitative estimate of drug-likeness (QED) is 0.689. The first-order valence-corrected chi connectivity index (χ1v) is 4.53. The molecule has 0 radical (unpaired) electrons. The van der Waals surface area contributed by atoms with E-state index in [0.717, 1.165) is 11.3 Å². The standard InChI is InChI=1S/C11H14O4/c1-13-10-5-3-9(4-6-10)7-15-8-11(12)14-2/h3-6H,7-8H2,1-2H3. The van der Waals surface area contributed by atoms with Gasteiger partial charge < -0.3 is 14.2 Å². The van der Waals surface area contributed by atoms with Gasteiger partial charge in [0.05, 0.1) is 20.8 Å². The van der Waals surface area contributed by atoms with Gasteiger partial charge in [0.2, 0.25) is 0 Å². The highest BCUT2D eigenvalue weighted by Crippen LogP contribution is 2.11. The minimum atomic E-state index is -0.372. The third-order valence-electron chi connectivity index (χ3n) is 1.88. The molecular weight excluding hydrogens is 196 g/mol. The van der Waals surface area contributed by atoms with Gasteiger partial charge in [0.1, 0.15) is 12.4 Å². The highest BCUT2D eigenvalue weighted by molar-refractivity contribution is 5.70. The summed E-state index contributed by atoms with van der Waals surface area (Å²) in [7, 11) is 2.95. The fourth-order valence-corrected chi connectivity index (χ4v) is 1.03. The number of rotatable bonds is 5. The van der Waals surface area contributed by atoms with Crippen LogP contribution in [-0.2, 0) is 20.9 Å². The number of benzene rings is 1. The van der Waals surface area contributed by atoms with Crippen molar-refractivity contribution in [3.8, 4) is 5.75 Å². The Labute approximate surface area is 88.8 Å². The molecule has 82 valence electrons. The summed E-state index contributed by atoms with van der Waals surface area (Å²) in [6, 6.07) is 7.46. The van der Waals surface area contributed by atoms with Gasteiger partial charge >= 0.3 is 5.97 Å². The Hall–Kier alpha value is -1.55. The molecule has 0 atom stereocenters. The Morgan fingerprint density at radius 3 is 2.40 bits per heavy atom. The van der Waals surface area contributed by atoms with E-state index in [1.165, 1.54) is 7.11 Å². The Morgan fingerprint density at radius 1 is 1.20 bits per heavy atom. The molecule has 0 spiro atoms. The average molecular weight is 210 g/mol. The van der Waals surface area contributed by atoms with Gasteiger partial charge in [0.15, 0.2) is 0 Å². The molecule has 15 heavy (non-hydrogen) atoms. The molecule has 0 saturated heterocycles. The number of methoxy groups -OCH3 is 2. The van der Waals surface area contributed by atoms with Crippen LogP contribution in [-0.4, -0.2) is 26.8 Å². The third kappa shape index (κ3) is 3.99. The van der Waals surface area contributed by atoms with Crippen molar-refractivity contribution < 1.29 is 19.0 Å². The molecule has 1 rings (SSSR count). The van der Waals surface area contributed by atoms with Gasteiger partial charge in [-0.2, -0.15) is 0 Å². The number of hydrogen-bond acceptors (Lipinski definition) is 4. The monoisotopic (exact) mass is 210 g/mol. The minimum absolute atomic E-state index is 0.0253. The van der Waals surface area contributed by atoms with Gasteiger partial charge in [-0.15, -0.1) is 0 Å². The smallest absolute Gasteiger partial charge is 0.331 e. The molecule has 0 aromatic heterocycles. The van der Waals surface area contributed by atoms with Crippen LogP contribution in [0.25, 0.3) is 0 Å². The van der Waals surface area contributed by atoms with Crippen molar-refractivity contribution in [2.75, 3.05) is 20.8 Å². The normalized spacial score (nSPS) is 9.73. The molecule has 4 nitrogen and oxygen atoms in total. The van der Waals surface area contributed by atoms with Crippen LogP contribution < -0.4 is 4.74 Å². The number of carbonyl (C=O) groups is 1. The van der Waals surface area contributed by atoms with Crippen LogP contribution in [0, 0.1) is 0 Å². The Bertz CT molecular complexity index is 305. The average Bonchev–Trinajstić information content (AvgIpc) is 2.29. The maximum atomic E-state index is 10.7. The zero-order valence-corrected chi connectivity index (χ0v) is 8.86. The molecule has 0 aliphatic carbocycles. The summed E-state index contributed by atoms with van der Waals surface area (Å²) in [5.74, 6) is 0.426. The van der Waals surface area contributed by atoms with Crippen molar-refractivity contribution in [2.24, 2.45) is 0 Å². The van der Waals surface area contributed by atoms with Crippen molar-refractivity contribution in [1.82, 2.24) is 0 Å². The highest BCUT2D eigenvalue weighted by Gasteiger charge is 2.00. The van der Waals surface area contributed by atoms with Gasteiger partial charge in [-0.1, -0.05) is 12.1 Å². The number of ether oxygens (including phenoxy) is 3. The third-order valence-corrected chi connectivity index (χ3v) is 1.88. The summed E-state index contributed by atoms with van der Waals surface area (Å²) in [4.78, 5) is 10.7. The molecule has 0 aliphatic rings. The van der Waals surface area contributed by atoms with Crippen LogP contribution in [0.15, 0.2) is 24.3 Å².